The Kier molecular flexibility index (Phi) is 3.09. The second-order valence-corrected chi connectivity index (χ2v) is 5.06. The van der Waals surface area contributed by atoms with Gasteiger partial charge in [-0.2, -0.15) is 0 Å². The molecule has 0 spiro atoms. The molecule has 0 atom stereocenters. The summed E-state index contributed by atoms with van der Waals surface area (Å²) in [6, 6.07) is 17.2. The summed E-state index contributed by atoms with van der Waals surface area (Å²) < 4.78 is 0.861. The third-order valence-corrected chi connectivity index (χ3v) is 3.59. The van der Waals surface area contributed by atoms with E-state index in [1.54, 1.807) is 0 Å². The minimum Gasteiger partial charge on any atom is -0.351 e. The second-order valence-electron chi connectivity index (χ2n) is 4.20. The predicted octanol–water partition coefficient (Wildman–Crippen LogP) is 4.18. The molecule has 0 radical (unpaired) electrons. The van der Waals surface area contributed by atoms with Gasteiger partial charge in [0.25, 0.3) is 5.91 Å². The molecule has 1 amide bonds. The molecule has 19 heavy (non-hydrogen) atoms. The van der Waals surface area contributed by atoms with E-state index in [1.807, 2.05) is 54.6 Å². The molecule has 0 bridgehead atoms. The van der Waals surface area contributed by atoms with Crippen molar-refractivity contribution >= 4 is 38.4 Å². The van der Waals surface area contributed by atoms with E-state index in [0.717, 1.165) is 21.1 Å². The summed E-state index contributed by atoms with van der Waals surface area (Å²) in [7, 11) is 0. The molecule has 0 aliphatic rings. The highest BCUT2D eigenvalue weighted by Crippen LogP contribution is 2.22. The first-order valence-electron chi connectivity index (χ1n) is 5.88. The Balaban J connectivity index is 1.90. The SMILES string of the molecule is O=C(Nc1ccccc1Br)c1cc2ccccc2[nH]1. The van der Waals surface area contributed by atoms with Crippen LogP contribution in [0.2, 0.25) is 0 Å². The van der Waals surface area contributed by atoms with Gasteiger partial charge in [-0.15, -0.1) is 0 Å². The summed E-state index contributed by atoms with van der Waals surface area (Å²) in [5, 5.41) is 3.90. The third-order valence-electron chi connectivity index (χ3n) is 2.90. The van der Waals surface area contributed by atoms with Crippen molar-refractivity contribution in [3.05, 3.63) is 64.8 Å². The highest BCUT2D eigenvalue weighted by Gasteiger charge is 2.10. The maximum absolute atomic E-state index is 12.2. The lowest BCUT2D eigenvalue weighted by molar-refractivity contribution is 0.102. The summed E-state index contributed by atoms with van der Waals surface area (Å²) in [6.07, 6.45) is 0. The van der Waals surface area contributed by atoms with Crippen molar-refractivity contribution < 1.29 is 4.79 Å². The van der Waals surface area contributed by atoms with Gasteiger partial charge >= 0.3 is 0 Å². The van der Waals surface area contributed by atoms with Crippen LogP contribution < -0.4 is 5.32 Å². The van der Waals surface area contributed by atoms with Crippen LogP contribution in [0.15, 0.2) is 59.1 Å². The number of amides is 1. The minimum absolute atomic E-state index is 0.150. The van der Waals surface area contributed by atoms with E-state index in [1.165, 1.54) is 0 Å². The fourth-order valence-corrected chi connectivity index (χ4v) is 2.33. The Morgan fingerprint density at radius 3 is 2.58 bits per heavy atom. The number of hydrogen-bond donors (Lipinski definition) is 2. The number of para-hydroxylation sites is 2. The number of hydrogen-bond acceptors (Lipinski definition) is 1. The fourth-order valence-electron chi connectivity index (χ4n) is 1.95. The van der Waals surface area contributed by atoms with E-state index in [-0.39, 0.29) is 5.91 Å². The van der Waals surface area contributed by atoms with Crippen molar-refractivity contribution in [2.45, 2.75) is 0 Å². The van der Waals surface area contributed by atoms with Crippen molar-refractivity contribution in [3.8, 4) is 0 Å². The van der Waals surface area contributed by atoms with Gasteiger partial charge in [-0.25, -0.2) is 0 Å². The number of benzene rings is 2. The summed E-state index contributed by atoms with van der Waals surface area (Å²) in [6.45, 7) is 0. The van der Waals surface area contributed by atoms with Crippen LogP contribution in [0.5, 0.6) is 0 Å². The van der Waals surface area contributed by atoms with Crippen LogP contribution in [-0.4, -0.2) is 10.9 Å². The highest BCUT2D eigenvalue weighted by molar-refractivity contribution is 9.10. The predicted molar refractivity (Wildman–Crippen MR) is 80.4 cm³/mol. The maximum Gasteiger partial charge on any atom is 0.272 e. The summed E-state index contributed by atoms with van der Waals surface area (Å²) in [4.78, 5) is 15.3. The lowest BCUT2D eigenvalue weighted by atomic mass is 10.2. The van der Waals surface area contributed by atoms with Gasteiger partial charge in [0, 0.05) is 15.4 Å². The normalized spacial score (nSPS) is 10.6. The molecule has 3 nitrogen and oxygen atoms in total. The monoisotopic (exact) mass is 314 g/mol. The number of anilines is 1. The quantitative estimate of drug-likeness (QED) is 0.732. The average Bonchev–Trinajstić information content (AvgIpc) is 2.85. The number of halogens is 1. The second kappa shape index (κ2) is 4.90. The molecule has 1 heterocycles. The number of fused-ring (bicyclic) bond motifs is 1. The van der Waals surface area contributed by atoms with Gasteiger partial charge in [-0.3, -0.25) is 4.79 Å². The summed E-state index contributed by atoms with van der Waals surface area (Å²) in [5.74, 6) is -0.150. The first-order chi connectivity index (χ1) is 9.24. The zero-order valence-corrected chi connectivity index (χ0v) is 11.6. The van der Waals surface area contributed by atoms with Gasteiger partial charge in [-0.05, 0) is 40.2 Å². The number of aromatic nitrogens is 1. The molecule has 4 heteroatoms. The first kappa shape index (κ1) is 12.0. The molecule has 0 saturated heterocycles. The first-order valence-corrected chi connectivity index (χ1v) is 6.67. The maximum atomic E-state index is 12.2. The fraction of sp³-hybridized carbons (Fsp3) is 0. The number of carbonyl (C=O) groups excluding carboxylic acids is 1. The largest absolute Gasteiger partial charge is 0.351 e. The molecule has 0 saturated carbocycles. The summed E-state index contributed by atoms with van der Waals surface area (Å²) >= 11 is 3.41. The summed E-state index contributed by atoms with van der Waals surface area (Å²) in [5.41, 5.74) is 2.27. The van der Waals surface area contributed by atoms with E-state index >= 15 is 0 Å². The van der Waals surface area contributed by atoms with Gasteiger partial charge in [0.1, 0.15) is 5.69 Å². The third kappa shape index (κ3) is 2.39. The van der Waals surface area contributed by atoms with E-state index in [4.69, 9.17) is 0 Å². The lowest BCUT2D eigenvalue weighted by Crippen LogP contribution is -2.12. The van der Waals surface area contributed by atoms with Gasteiger partial charge in [0.15, 0.2) is 0 Å². The van der Waals surface area contributed by atoms with Crippen LogP contribution in [0.4, 0.5) is 5.69 Å². The Labute approximate surface area is 118 Å². The number of rotatable bonds is 2. The molecule has 0 fully saturated rings. The number of aromatic amines is 1. The molecular weight excluding hydrogens is 304 g/mol. The zero-order chi connectivity index (χ0) is 13.2. The number of carbonyl (C=O) groups is 1. The lowest BCUT2D eigenvalue weighted by Gasteiger charge is -2.05. The van der Waals surface area contributed by atoms with Crippen LogP contribution >= 0.6 is 15.9 Å². The Morgan fingerprint density at radius 1 is 1.05 bits per heavy atom. The molecule has 2 N–H and O–H groups in total. The van der Waals surface area contributed by atoms with Gasteiger partial charge in [0.2, 0.25) is 0 Å². The smallest absolute Gasteiger partial charge is 0.272 e. The van der Waals surface area contributed by atoms with E-state index in [9.17, 15) is 4.79 Å². The van der Waals surface area contributed by atoms with E-state index in [0.29, 0.717) is 5.69 Å². The molecule has 2 aromatic carbocycles. The molecule has 0 unspecified atom stereocenters. The van der Waals surface area contributed by atoms with E-state index in [2.05, 4.69) is 26.2 Å². The Bertz CT molecular complexity index is 715. The van der Waals surface area contributed by atoms with Crippen molar-refractivity contribution in [3.63, 3.8) is 0 Å². The van der Waals surface area contributed by atoms with Crippen molar-refractivity contribution in [2.75, 3.05) is 5.32 Å². The molecule has 1 aromatic heterocycles. The van der Waals surface area contributed by atoms with Crippen molar-refractivity contribution in [1.29, 1.82) is 0 Å². The Morgan fingerprint density at radius 2 is 1.79 bits per heavy atom. The van der Waals surface area contributed by atoms with E-state index < -0.39 is 0 Å². The van der Waals surface area contributed by atoms with Crippen LogP contribution in [-0.2, 0) is 0 Å². The van der Waals surface area contributed by atoms with Gasteiger partial charge in [-0.1, -0.05) is 30.3 Å². The molecule has 3 rings (SSSR count). The van der Waals surface area contributed by atoms with Crippen molar-refractivity contribution in [2.24, 2.45) is 0 Å². The molecule has 94 valence electrons. The highest BCUT2D eigenvalue weighted by atomic mass is 79.9. The Hall–Kier alpha value is -2.07. The average molecular weight is 315 g/mol. The van der Waals surface area contributed by atoms with Crippen LogP contribution in [0, 0.1) is 0 Å². The standard InChI is InChI=1S/C15H11BrN2O/c16-11-6-2-4-8-13(11)18-15(19)14-9-10-5-1-3-7-12(10)17-14/h1-9,17H,(H,18,19). The minimum atomic E-state index is -0.150. The molecule has 0 aliphatic carbocycles. The van der Waals surface area contributed by atoms with Crippen LogP contribution in [0.3, 0.4) is 0 Å². The molecule has 0 aliphatic heterocycles. The van der Waals surface area contributed by atoms with Gasteiger partial charge in [0.05, 0.1) is 5.69 Å². The van der Waals surface area contributed by atoms with Gasteiger partial charge < -0.3 is 10.3 Å². The molecule has 3 aromatic rings. The number of nitrogens with one attached hydrogen (secondary N) is 2. The van der Waals surface area contributed by atoms with Crippen molar-refractivity contribution in [1.82, 2.24) is 4.98 Å². The van der Waals surface area contributed by atoms with Crippen LogP contribution in [0.1, 0.15) is 10.5 Å². The zero-order valence-electron chi connectivity index (χ0n) is 9.98. The molecular formula is C15H11BrN2O. The topological polar surface area (TPSA) is 44.9 Å². The van der Waals surface area contributed by atoms with Crippen LogP contribution in [0.25, 0.3) is 10.9 Å². The number of H-pyrrole nitrogens is 1.